The van der Waals surface area contributed by atoms with Crippen molar-refractivity contribution in [2.24, 2.45) is 16.2 Å². The van der Waals surface area contributed by atoms with Crippen molar-refractivity contribution in [2.75, 3.05) is 0 Å². The van der Waals surface area contributed by atoms with Gasteiger partial charge < -0.3 is 20.4 Å². The zero-order valence-corrected chi connectivity index (χ0v) is 9.63. The summed E-state index contributed by atoms with van der Waals surface area (Å²) in [6, 6.07) is 0. The van der Waals surface area contributed by atoms with Crippen molar-refractivity contribution in [1.29, 1.82) is 0 Å². The zero-order valence-electron chi connectivity index (χ0n) is 9.63. The molecule has 0 aromatic heterocycles. The molecule has 100 valence electrons. The van der Waals surface area contributed by atoms with Crippen molar-refractivity contribution in [1.82, 2.24) is 0 Å². The molecular formula is C10H12O8. The average molecular weight is 260 g/mol. The summed E-state index contributed by atoms with van der Waals surface area (Å²) in [5.41, 5.74) is -6.79. The Morgan fingerprint density at radius 2 is 0.944 bits per heavy atom. The standard InChI is InChI=1S/C10H12O8/c1-8(2)9(4(11)12,5(13)14)3-10(8,6(15)16)7(17)18/h3H2,1-2H3,(H,11,12)(H,13,14)(H,15,16)(H,17,18). The van der Waals surface area contributed by atoms with E-state index < -0.39 is 46.5 Å². The molecule has 0 spiro atoms. The van der Waals surface area contributed by atoms with Crippen LogP contribution in [-0.4, -0.2) is 44.3 Å². The molecular weight excluding hydrogens is 248 g/mol. The number of aliphatic carboxylic acids is 4. The van der Waals surface area contributed by atoms with Crippen LogP contribution in [0, 0.1) is 16.2 Å². The van der Waals surface area contributed by atoms with Crippen LogP contribution >= 0.6 is 0 Å². The van der Waals surface area contributed by atoms with Gasteiger partial charge in [-0.2, -0.15) is 0 Å². The number of carbonyl (C=O) groups is 4. The van der Waals surface area contributed by atoms with Gasteiger partial charge in [0.25, 0.3) is 0 Å². The van der Waals surface area contributed by atoms with Crippen LogP contribution in [-0.2, 0) is 19.2 Å². The molecule has 0 saturated heterocycles. The van der Waals surface area contributed by atoms with Crippen molar-refractivity contribution >= 4 is 23.9 Å². The topological polar surface area (TPSA) is 149 Å². The summed E-state index contributed by atoms with van der Waals surface area (Å²) >= 11 is 0. The maximum absolute atomic E-state index is 11.1. The number of rotatable bonds is 4. The van der Waals surface area contributed by atoms with E-state index in [1.54, 1.807) is 0 Å². The number of carboxylic acids is 4. The monoisotopic (exact) mass is 260 g/mol. The molecule has 1 aliphatic rings. The third-order valence-corrected chi connectivity index (χ3v) is 4.12. The third-order valence-electron chi connectivity index (χ3n) is 4.12. The lowest BCUT2D eigenvalue weighted by atomic mass is 9.37. The molecule has 8 nitrogen and oxygen atoms in total. The van der Waals surface area contributed by atoms with Crippen molar-refractivity contribution in [3.8, 4) is 0 Å². The summed E-state index contributed by atoms with van der Waals surface area (Å²) in [7, 11) is 0. The molecule has 0 bridgehead atoms. The minimum atomic E-state index is -2.41. The van der Waals surface area contributed by atoms with Crippen LogP contribution in [0.2, 0.25) is 0 Å². The fraction of sp³-hybridized carbons (Fsp3) is 0.600. The van der Waals surface area contributed by atoms with E-state index in [0.29, 0.717) is 0 Å². The van der Waals surface area contributed by atoms with Crippen LogP contribution in [0.15, 0.2) is 0 Å². The maximum Gasteiger partial charge on any atom is 0.321 e. The Labute approximate surface area is 101 Å². The van der Waals surface area contributed by atoms with E-state index in [0.717, 1.165) is 13.8 Å². The first-order chi connectivity index (χ1) is 7.98. The van der Waals surface area contributed by atoms with Gasteiger partial charge in [-0.25, -0.2) is 0 Å². The van der Waals surface area contributed by atoms with Gasteiger partial charge in [-0.1, -0.05) is 13.8 Å². The minimum absolute atomic E-state index is 0.984. The van der Waals surface area contributed by atoms with E-state index >= 15 is 0 Å². The van der Waals surface area contributed by atoms with Gasteiger partial charge in [-0.15, -0.1) is 0 Å². The second-order valence-electron chi connectivity index (χ2n) is 4.83. The van der Waals surface area contributed by atoms with Crippen molar-refractivity contribution in [3.63, 3.8) is 0 Å². The van der Waals surface area contributed by atoms with Gasteiger partial charge in [0, 0.05) is 11.8 Å². The Hall–Kier alpha value is -2.12. The van der Waals surface area contributed by atoms with Crippen LogP contribution in [0.3, 0.4) is 0 Å². The molecule has 1 saturated carbocycles. The molecule has 0 aromatic rings. The molecule has 0 heterocycles. The van der Waals surface area contributed by atoms with Crippen molar-refractivity contribution < 1.29 is 39.6 Å². The minimum Gasteiger partial charge on any atom is -0.480 e. The highest BCUT2D eigenvalue weighted by molar-refractivity contribution is 6.10. The maximum atomic E-state index is 11.1. The Balaban J connectivity index is 3.49. The summed E-state index contributed by atoms with van der Waals surface area (Å²) in [4.78, 5) is 44.5. The summed E-state index contributed by atoms with van der Waals surface area (Å²) in [5, 5.41) is 36.1. The molecule has 0 aromatic carbocycles. The molecule has 0 atom stereocenters. The summed E-state index contributed by atoms with van der Waals surface area (Å²) in [5.74, 6) is -6.95. The van der Waals surface area contributed by atoms with Gasteiger partial charge in [0.05, 0.1) is 0 Å². The van der Waals surface area contributed by atoms with Crippen LogP contribution in [0.5, 0.6) is 0 Å². The predicted octanol–water partition coefficient (Wildman–Crippen LogP) is -0.273. The largest absolute Gasteiger partial charge is 0.480 e. The Morgan fingerprint density at radius 1 is 0.722 bits per heavy atom. The van der Waals surface area contributed by atoms with E-state index in [1.807, 2.05) is 0 Å². The fourth-order valence-electron chi connectivity index (χ4n) is 2.65. The quantitative estimate of drug-likeness (QED) is 0.504. The summed E-state index contributed by atoms with van der Waals surface area (Å²) in [6.07, 6.45) is -0.984. The van der Waals surface area contributed by atoms with Gasteiger partial charge in [0.2, 0.25) is 0 Å². The second-order valence-corrected chi connectivity index (χ2v) is 4.83. The summed E-state index contributed by atoms with van der Waals surface area (Å²) in [6.45, 7) is 2.06. The molecule has 1 rings (SSSR count). The highest BCUT2D eigenvalue weighted by Gasteiger charge is 2.83. The van der Waals surface area contributed by atoms with Crippen LogP contribution in [0.25, 0.3) is 0 Å². The van der Waals surface area contributed by atoms with Gasteiger partial charge in [-0.05, 0) is 0 Å². The molecule has 1 aliphatic carbocycles. The Morgan fingerprint density at radius 3 is 1.06 bits per heavy atom. The van der Waals surface area contributed by atoms with Crippen molar-refractivity contribution in [2.45, 2.75) is 20.3 Å². The zero-order chi connectivity index (χ0) is 14.5. The molecule has 0 radical (unpaired) electrons. The van der Waals surface area contributed by atoms with Gasteiger partial charge in [-0.3, -0.25) is 19.2 Å². The average Bonchev–Trinajstić information content (AvgIpc) is 2.14. The van der Waals surface area contributed by atoms with Crippen LogP contribution < -0.4 is 0 Å². The first kappa shape index (κ1) is 13.9. The van der Waals surface area contributed by atoms with E-state index in [1.165, 1.54) is 0 Å². The third kappa shape index (κ3) is 1.09. The number of carboxylic acid groups (broad SMARTS) is 4. The van der Waals surface area contributed by atoms with Gasteiger partial charge in [0.1, 0.15) is 0 Å². The predicted molar refractivity (Wildman–Crippen MR) is 53.8 cm³/mol. The lowest BCUT2D eigenvalue weighted by Gasteiger charge is -2.59. The van der Waals surface area contributed by atoms with Crippen LogP contribution in [0.4, 0.5) is 0 Å². The van der Waals surface area contributed by atoms with E-state index in [2.05, 4.69) is 0 Å². The molecule has 0 aliphatic heterocycles. The second kappa shape index (κ2) is 3.44. The highest BCUT2D eigenvalue weighted by atomic mass is 16.4. The lowest BCUT2D eigenvalue weighted by molar-refractivity contribution is -0.234. The van der Waals surface area contributed by atoms with Crippen LogP contribution in [0.1, 0.15) is 20.3 Å². The van der Waals surface area contributed by atoms with Gasteiger partial charge >= 0.3 is 23.9 Å². The molecule has 0 amide bonds. The van der Waals surface area contributed by atoms with E-state index in [9.17, 15) is 19.2 Å². The first-order valence-electron chi connectivity index (χ1n) is 4.92. The normalized spacial score (nSPS) is 22.6. The SMILES string of the molecule is CC1(C)C(C(=O)O)(C(=O)O)CC1(C(=O)O)C(=O)O. The Kier molecular flexibility index (Phi) is 2.66. The highest BCUT2D eigenvalue weighted by Crippen LogP contribution is 2.68. The number of hydrogen-bond acceptors (Lipinski definition) is 4. The van der Waals surface area contributed by atoms with E-state index in [-0.39, 0.29) is 0 Å². The fourth-order valence-corrected chi connectivity index (χ4v) is 2.65. The first-order valence-corrected chi connectivity index (χ1v) is 4.92. The van der Waals surface area contributed by atoms with Crippen molar-refractivity contribution in [3.05, 3.63) is 0 Å². The molecule has 18 heavy (non-hydrogen) atoms. The number of hydrogen-bond donors (Lipinski definition) is 4. The summed E-state index contributed by atoms with van der Waals surface area (Å²) < 4.78 is 0. The molecule has 4 N–H and O–H groups in total. The molecule has 8 heteroatoms. The van der Waals surface area contributed by atoms with E-state index in [4.69, 9.17) is 20.4 Å². The molecule has 1 fully saturated rings. The molecule has 0 unspecified atom stereocenters. The Bertz CT molecular complexity index is 392. The lowest BCUT2D eigenvalue weighted by Crippen LogP contribution is -2.74. The smallest absolute Gasteiger partial charge is 0.321 e. The van der Waals surface area contributed by atoms with Gasteiger partial charge in [0.15, 0.2) is 10.8 Å².